The van der Waals surface area contributed by atoms with Gasteiger partial charge in [0.2, 0.25) is 0 Å². The molecule has 1 heterocycles. The van der Waals surface area contributed by atoms with E-state index < -0.39 is 0 Å². The monoisotopic (exact) mass is 258 g/mol. The Balaban J connectivity index is 1.80. The summed E-state index contributed by atoms with van der Waals surface area (Å²) in [6.07, 6.45) is 0. The van der Waals surface area contributed by atoms with Gasteiger partial charge in [-0.2, -0.15) is 0 Å². The summed E-state index contributed by atoms with van der Waals surface area (Å²) in [5.41, 5.74) is 6.83. The topological polar surface area (TPSA) is 73.1 Å². The number of anilines is 2. The van der Waals surface area contributed by atoms with Crippen LogP contribution < -0.4 is 15.8 Å². The van der Waals surface area contributed by atoms with Crippen LogP contribution in [-0.4, -0.2) is 23.1 Å². The Morgan fingerprint density at radius 1 is 1.21 bits per heavy atom. The molecule has 0 amide bonds. The van der Waals surface area contributed by atoms with E-state index in [2.05, 4.69) is 15.3 Å². The first kappa shape index (κ1) is 13.1. The molecule has 100 valence electrons. The molecule has 0 bridgehead atoms. The normalized spacial score (nSPS) is 10.2. The SMILES string of the molecule is Cc1cccc(OCCNc2cc(N)nc(C)n2)c1. The average Bonchev–Trinajstić information content (AvgIpc) is 2.34. The molecule has 0 saturated carbocycles. The van der Waals surface area contributed by atoms with Gasteiger partial charge in [-0.1, -0.05) is 12.1 Å². The maximum atomic E-state index is 5.65. The number of nitrogens with zero attached hydrogens (tertiary/aromatic N) is 2. The summed E-state index contributed by atoms with van der Waals surface area (Å²) in [6.45, 7) is 5.07. The second-order valence-corrected chi connectivity index (χ2v) is 4.32. The number of nitrogen functional groups attached to an aromatic ring is 1. The second-order valence-electron chi connectivity index (χ2n) is 4.32. The molecule has 0 aliphatic heterocycles. The molecule has 1 aromatic heterocycles. The van der Waals surface area contributed by atoms with E-state index >= 15 is 0 Å². The van der Waals surface area contributed by atoms with Crippen molar-refractivity contribution in [2.24, 2.45) is 0 Å². The number of hydrogen-bond donors (Lipinski definition) is 2. The van der Waals surface area contributed by atoms with Crippen LogP contribution in [0.5, 0.6) is 5.75 Å². The van der Waals surface area contributed by atoms with Gasteiger partial charge in [0.05, 0.1) is 6.54 Å². The van der Waals surface area contributed by atoms with E-state index in [0.29, 0.717) is 24.8 Å². The van der Waals surface area contributed by atoms with Crippen molar-refractivity contribution in [2.45, 2.75) is 13.8 Å². The van der Waals surface area contributed by atoms with Crippen LogP contribution in [0.3, 0.4) is 0 Å². The van der Waals surface area contributed by atoms with Gasteiger partial charge in [0.15, 0.2) is 0 Å². The molecule has 0 radical (unpaired) electrons. The van der Waals surface area contributed by atoms with Crippen molar-refractivity contribution in [1.29, 1.82) is 0 Å². The minimum atomic E-state index is 0.467. The Bertz CT molecular complexity index is 537. The van der Waals surface area contributed by atoms with Crippen molar-refractivity contribution < 1.29 is 4.74 Å². The molecular weight excluding hydrogens is 240 g/mol. The Kier molecular flexibility index (Phi) is 4.18. The maximum absolute atomic E-state index is 5.65. The maximum Gasteiger partial charge on any atom is 0.131 e. The van der Waals surface area contributed by atoms with Gasteiger partial charge in [0, 0.05) is 6.07 Å². The number of ether oxygens (including phenoxy) is 1. The fourth-order valence-electron chi connectivity index (χ4n) is 1.73. The second kappa shape index (κ2) is 6.04. The van der Waals surface area contributed by atoms with E-state index in [4.69, 9.17) is 10.5 Å². The molecule has 3 N–H and O–H groups in total. The zero-order valence-electron chi connectivity index (χ0n) is 11.2. The smallest absolute Gasteiger partial charge is 0.131 e. The Morgan fingerprint density at radius 2 is 2.05 bits per heavy atom. The Morgan fingerprint density at radius 3 is 2.79 bits per heavy atom. The molecule has 0 atom stereocenters. The number of hydrogen-bond acceptors (Lipinski definition) is 5. The van der Waals surface area contributed by atoms with Crippen molar-refractivity contribution in [2.75, 3.05) is 24.2 Å². The molecule has 1 aromatic carbocycles. The molecule has 0 aliphatic carbocycles. The lowest BCUT2D eigenvalue weighted by molar-refractivity contribution is 0.332. The molecule has 2 rings (SSSR count). The lowest BCUT2D eigenvalue weighted by Crippen LogP contribution is -2.13. The van der Waals surface area contributed by atoms with Crippen LogP contribution in [0.15, 0.2) is 30.3 Å². The third kappa shape index (κ3) is 4.13. The summed E-state index contributed by atoms with van der Waals surface area (Å²) >= 11 is 0. The fraction of sp³-hybridized carbons (Fsp3) is 0.286. The summed E-state index contributed by atoms with van der Waals surface area (Å²) in [4.78, 5) is 8.25. The number of aryl methyl sites for hydroxylation is 2. The highest BCUT2D eigenvalue weighted by Crippen LogP contribution is 2.12. The minimum absolute atomic E-state index is 0.467. The van der Waals surface area contributed by atoms with Crippen LogP contribution in [0.4, 0.5) is 11.6 Å². The lowest BCUT2D eigenvalue weighted by atomic mass is 10.2. The molecule has 0 unspecified atom stereocenters. The first-order valence-electron chi connectivity index (χ1n) is 6.18. The molecule has 0 saturated heterocycles. The largest absolute Gasteiger partial charge is 0.492 e. The summed E-state index contributed by atoms with van der Waals surface area (Å²) in [6, 6.07) is 9.68. The van der Waals surface area contributed by atoms with E-state index in [1.807, 2.05) is 38.1 Å². The highest BCUT2D eigenvalue weighted by molar-refractivity contribution is 5.44. The molecular formula is C14H18N4O. The minimum Gasteiger partial charge on any atom is -0.492 e. The third-order valence-corrected chi connectivity index (χ3v) is 2.52. The van der Waals surface area contributed by atoms with Crippen LogP contribution in [0.2, 0.25) is 0 Å². The van der Waals surface area contributed by atoms with E-state index in [0.717, 1.165) is 11.6 Å². The standard InChI is InChI=1S/C14H18N4O/c1-10-4-3-5-12(8-10)19-7-6-16-14-9-13(15)17-11(2)18-14/h3-5,8-9H,6-7H2,1-2H3,(H3,15,16,17,18). The highest BCUT2D eigenvalue weighted by atomic mass is 16.5. The van der Waals surface area contributed by atoms with Gasteiger partial charge in [-0.05, 0) is 31.5 Å². The predicted octanol–water partition coefficient (Wildman–Crippen LogP) is 2.17. The summed E-state index contributed by atoms with van der Waals surface area (Å²) < 4.78 is 5.63. The van der Waals surface area contributed by atoms with Gasteiger partial charge in [-0.25, -0.2) is 9.97 Å². The van der Waals surface area contributed by atoms with Crippen LogP contribution >= 0.6 is 0 Å². The van der Waals surface area contributed by atoms with E-state index in [1.54, 1.807) is 6.07 Å². The molecule has 5 heteroatoms. The first-order chi connectivity index (χ1) is 9.13. The zero-order chi connectivity index (χ0) is 13.7. The molecule has 0 aliphatic rings. The zero-order valence-corrected chi connectivity index (χ0v) is 11.2. The molecule has 0 spiro atoms. The number of nitrogens with one attached hydrogen (secondary N) is 1. The Labute approximate surface area is 112 Å². The highest BCUT2D eigenvalue weighted by Gasteiger charge is 1.99. The average molecular weight is 258 g/mol. The molecule has 19 heavy (non-hydrogen) atoms. The molecule has 5 nitrogen and oxygen atoms in total. The van der Waals surface area contributed by atoms with Gasteiger partial charge in [-0.15, -0.1) is 0 Å². The predicted molar refractivity (Wildman–Crippen MR) is 76.3 cm³/mol. The third-order valence-electron chi connectivity index (χ3n) is 2.52. The lowest BCUT2D eigenvalue weighted by Gasteiger charge is -2.09. The Hall–Kier alpha value is -2.30. The van der Waals surface area contributed by atoms with Crippen LogP contribution in [-0.2, 0) is 0 Å². The van der Waals surface area contributed by atoms with E-state index in [1.165, 1.54) is 5.56 Å². The van der Waals surface area contributed by atoms with Crippen molar-refractivity contribution in [1.82, 2.24) is 9.97 Å². The summed E-state index contributed by atoms with van der Waals surface area (Å²) in [7, 11) is 0. The summed E-state index contributed by atoms with van der Waals surface area (Å²) in [5, 5.41) is 3.16. The quantitative estimate of drug-likeness (QED) is 0.804. The van der Waals surface area contributed by atoms with Gasteiger partial charge in [0.1, 0.15) is 29.8 Å². The van der Waals surface area contributed by atoms with Crippen LogP contribution in [0, 0.1) is 13.8 Å². The van der Waals surface area contributed by atoms with Gasteiger partial charge < -0.3 is 15.8 Å². The number of rotatable bonds is 5. The van der Waals surface area contributed by atoms with Gasteiger partial charge in [0.25, 0.3) is 0 Å². The van der Waals surface area contributed by atoms with Gasteiger partial charge >= 0.3 is 0 Å². The molecule has 0 fully saturated rings. The first-order valence-corrected chi connectivity index (χ1v) is 6.18. The number of aromatic nitrogens is 2. The van der Waals surface area contributed by atoms with Crippen molar-refractivity contribution in [3.05, 3.63) is 41.7 Å². The number of nitrogens with two attached hydrogens (primary N) is 1. The van der Waals surface area contributed by atoms with E-state index in [9.17, 15) is 0 Å². The van der Waals surface area contributed by atoms with E-state index in [-0.39, 0.29) is 0 Å². The number of benzene rings is 1. The van der Waals surface area contributed by atoms with Gasteiger partial charge in [-0.3, -0.25) is 0 Å². The van der Waals surface area contributed by atoms with Crippen LogP contribution in [0.1, 0.15) is 11.4 Å². The van der Waals surface area contributed by atoms with Crippen molar-refractivity contribution in [3.63, 3.8) is 0 Å². The fourth-order valence-corrected chi connectivity index (χ4v) is 1.73. The molecule has 2 aromatic rings. The van der Waals surface area contributed by atoms with Crippen LogP contribution in [0.25, 0.3) is 0 Å². The summed E-state index contributed by atoms with van der Waals surface area (Å²) in [5.74, 6) is 2.72. The van der Waals surface area contributed by atoms with Crippen molar-refractivity contribution in [3.8, 4) is 5.75 Å². The van der Waals surface area contributed by atoms with Crippen molar-refractivity contribution >= 4 is 11.6 Å².